The monoisotopic (exact) mass is 392 g/mol. The number of aromatic nitrogens is 2. The molecule has 3 heterocycles. The van der Waals surface area contributed by atoms with Crippen LogP contribution in [0.15, 0.2) is 18.5 Å². The van der Waals surface area contributed by atoms with Gasteiger partial charge in [0, 0.05) is 45.1 Å². The van der Waals surface area contributed by atoms with Crippen LogP contribution in [0, 0.1) is 17.8 Å². The first kappa shape index (κ1) is 22.1. The molecule has 8 heteroatoms. The highest BCUT2D eigenvalue weighted by Gasteiger charge is 2.38. The fraction of sp³-hybridized carbons (Fsp3) is 0.700. The Balaban J connectivity index is 0.000000418. The van der Waals surface area contributed by atoms with Gasteiger partial charge in [0.05, 0.1) is 0 Å². The maximum Gasteiger partial charge on any atom is 0.290 e. The molecule has 4 rings (SSSR count). The number of carbonyl (C=O) groups is 2. The van der Waals surface area contributed by atoms with Crippen LogP contribution in [0.4, 0.5) is 5.95 Å². The molecule has 2 aliphatic heterocycles. The van der Waals surface area contributed by atoms with E-state index in [2.05, 4.69) is 19.8 Å². The smallest absolute Gasteiger partial charge is 0.290 e. The van der Waals surface area contributed by atoms with E-state index in [4.69, 9.17) is 19.8 Å². The van der Waals surface area contributed by atoms with Crippen LogP contribution in [-0.2, 0) is 9.59 Å². The quantitative estimate of drug-likeness (QED) is 0.754. The molecule has 1 saturated carbocycles. The van der Waals surface area contributed by atoms with Crippen molar-refractivity contribution in [2.24, 2.45) is 17.8 Å². The Bertz CT molecular complexity index is 563. The lowest BCUT2D eigenvalue weighted by molar-refractivity contribution is -0.123. The van der Waals surface area contributed by atoms with Crippen LogP contribution in [0.2, 0.25) is 0 Å². The van der Waals surface area contributed by atoms with Gasteiger partial charge in [0.15, 0.2) is 0 Å². The summed E-state index contributed by atoms with van der Waals surface area (Å²) in [5.41, 5.74) is 0. The van der Waals surface area contributed by atoms with Crippen molar-refractivity contribution < 1.29 is 19.8 Å². The third-order valence-electron chi connectivity index (χ3n) is 5.95. The van der Waals surface area contributed by atoms with Gasteiger partial charge in [-0.25, -0.2) is 9.97 Å². The molecule has 28 heavy (non-hydrogen) atoms. The van der Waals surface area contributed by atoms with E-state index >= 15 is 0 Å². The van der Waals surface area contributed by atoms with E-state index in [1.807, 2.05) is 18.5 Å². The third-order valence-corrected chi connectivity index (χ3v) is 5.95. The fourth-order valence-electron chi connectivity index (χ4n) is 4.79. The number of rotatable bonds is 3. The van der Waals surface area contributed by atoms with Gasteiger partial charge in [0.25, 0.3) is 12.9 Å². The molecular formula is C20H32N4O4. The Morgan fingerprint density at radius 1 is 0.929 bits per heavy atom. The van der Waals surface area contributed by atoms with Crippen molar-refractivity contribution >= 4 is 18.9 Å². The zero-order valence-electron chi connectivity index (χ0n) is 16.4. The van der Waals surface area contributed by atoms with Crippen LogP contribution in [0.3, 0.4) is 0 Å². The second-order valence-electron chi connectivity index (χ2n) is 7.74. The Hall–Kier alpha value is -2.22. The number of likely N-dealkylation sites (tertiary alicyclic amines) is 1. The maximum absolute atomic E-state index is 8.36. The van der Waals surface area contributed by atoms with Crippen molar-refractivity contribution in [3.05, 3.63) is 18.5 Å². The minimum Gasteiger partial charge on any atom is -0.483 e. The molecule has 0 unspecified atom stereocenters. The molecular weight excluding hydrogens is 360 g/mol. The van der Waals surface area contributed by atoms with E-state index < -0.39 is 0 Å². The SMILES string of the molecule is O=CO.O=CO.c1cnc(N2CC[C@@H]3CN(CC4CCCCC4)C[C@@H]3C2)nc1. The van der Waals surface area contributed by atoms with Gasteiger partial charge < -0.3 is 20.0 Å². The molecule has 0 spiro atoms. The fourth-order valence-corrected chi connectivity index (χ4v) is 4.79. The first-order valence-corrected chi connectivity index (χ1v) is 10.1. The molecule has 2 N–H and O–H groups in total. The average Bonchev–Trinajstić information content (AvgIpc) is 3.12. The maximum atomic E-state index is 8.36. The molecule has 3 fully saturated rings. The second kappa shape index (κ2) is 12.3. The number of carboxylic acid groups (broad SMARTS) is 2. The topological polar surface area (TPSA) is 107 Å². The highest BCUT2D eigenvalue weighted by Crippen LogP contribution is 2.34. The van der Waals surface area contributed by atoms with Crippen molar-refractivity contribution in [2.75, 3.05) is 37.6 Å². The summed E-state index contributed by atoms with van der Waals surface area (Å²) in [6.45, 7) is 5.77. The summed E-state index contributed by atoms with van der Waals surface area (Å²) in [4.78, 5) is 30.7. The van der Waals surface area contributed by atoms with Gasteiger partial charge in [-0.1, -0.05) is 19.3 Å². The first-order chi connectivity index (χ1) is 13.7. The van der Waals surface area contributed by atoms with Crippen molar-refractivity contribution in [3.63, 3.8) is 0 Å². The van der Waals surface area contributed by atoms with E-state index in [0.717, 1.165) is 36.8 Å². The summed E-state index contributed by atoms with van der Waals surface area (Å²) in [5.74, 6) is 3.62. The largest absolute Gasteiger partial charge is 0.483 e. The Labute approximate surface area is 166 Å². The van der Waals surface area contributed by atoms with Crippen molar-refractivity contribution in [3.8, 4) is 0 Å². The van der Waals surface area contributed by atoms with Gasteiger partial charge in [-0.2, -0.15) is 0 Å². The van der Waals surface area contributed by atoms with Crippen molar-refractivity contribution in [2.45, 2.75) is 38.5 Å². The highest BCUT2D eigenvalue weighted by atomic mass is 16.3. The molecule has 2 atom stereocenters. The summed E-state index contributed by atoms with van der Waals surface area (Å²) in [6, 6.07) is 1.90. The Kier molecular flexibility index (Phi) is 9.68. The van der Waals surface area contributed by atoms with E-state index in [1.54, 1.807) is 0 Å². The third kappa shape index (κ3) is 6.74. The number of hydrogen-bond donors (Lipinski definition) is 2. The average molecular weight is 393 g/mol. The molecule has 1 aliphatic carbocycles. The van der Waals surface area contributed by atoms with Crippen molar-refractivity contribution in [1.82, 2.24) is 14.9 Å². The summed E-state index contributed by atoms with van der Waals surface area (Å²) >= 11 is 0. The predicted molar refractivity (Wildman–Crippen MR) is 106 cm³/mol. The normalized spacial score (nSPS) is 24.8. The summed E-state index contributed by atoms with van der Waals surface area (Å²) in [6.07, 6.45) is 12.4. The number of piperidine rings is 1. The van der Waals surface area contributed by atoms with Gasteiger partial charge in [-0.05, 0) is 43.1 Å². The molecule has 0 amide bonds. The van der Waals surface area contributed by atoms with E-state index in [1.165, 1.54) is 58.2 Å². The molecule has 8 nitrogen and oxygen atoms in total. The van der Waals surface area contributed by atoms with E-state index in [9.17, 15) is 0 Å². The van der Waals surface area contributed by atoms with Crippen LogP contribution < -0.4 is 4.90 Å². The summed E-state index contributed by atoms with van der Waals surface area (Å²) in [5, 5.41) is 13.8. The molecule has 0 bridgehead atoms. The number of fused-ring (bicyclic) bond motifs is 1. The minimum atomic E-state index is -0.250. The van der Waals surface area contributed by atoms with Gasteiger partial charge in [-0.3, -0.25) is 9.59 Å². The van der Waals surface area contributed by atoms with Crippen LogP contribution in [0.25, 0.3) is 0 Å². The van der Waals surface area contributed by atoms with E-state index in [0.29, 0.717) is 0 Å². The Morgan fingerprint density at radius 2 is 1.54 bits per heavy atom. The lowest BCUT2D eigenvalue weighted by Crippen LogP contribution is -2.40. The molecule has 0 radical (unpaired) electrons. The Morgan fingerprint density at radius 3 is 2.18 bits per heavy atom. The number of anilines is 1. The molecule has 156 valence electrons. The van der Waals surface area contributed by atoms with Crippen LogP contribution in [0.5, 0.6) is 0 Å². The number of nitrogens with zero attached hydrogens (tertiary/aromatic N) is 4. The summed E-state index contributed by atoms with van der Waals surface area (Å²) < 4.78 is 0. The lowest BCUT2D eigenvalue weighted by atomic mass is 9.89. The zero-order chi connectivity index (χ0) is 20.2. The van der Waals surface area contributed by atoms with Crippen LogP contribution in [-0.4, -0.2) is 70.7 Å². The second-order valence-corrected chi connectivity index (χ2v) is 7.74. The van der Waals surface area contributed by atoms with Gasteiger partial charge >= 0.3 is 0 Å². The van der Waals surface area contributed by atoms with Gasteiger partial charge in [-0.15, -0.1) is 0 Å². The van der Waals surface area contributed by atoms with Crippen LogP contribution in [0.1, 0.15) is 38.5 Å². The lowest BCUT2D eigenvalue weighted by Gasteiger charge is -2.34. The van der Waals surface area contributed by atoms with Gasteiger partial charge in [0.1, 0.15) is 0 Å². The molecule has 1 aromatic rings. The molecule has 2 saturated heterocycles. The minimum absolute atomic E-state index is 0.250. The first-order valence-electron chi connectivity index (χ1n) is 10.1. The standard InChI is InChI=1S/C18H28N4.2CH2O2/c1-2-5-15(6-3-1)11-21-12-16-7-10-22(14-17(16)13-21)18-19-8-4-9-20-18;2*2-1-3/h4,8-9,15-17H,1-3,5-7,10-14H2;2*1H,(H,2,3)/t16-,17-;;/m1../s1. The number of hydrogen-bond acceptors (Lipinski definition) is 6. The molecule has 1 aromatic heterocycles. The van der Waals surface area contributed by atoms with Crippen molar-refractivity contribution in [1.29, 1.82) is 0 Å². The summed E-state index contributed by atoms with van der Waals surface area (Å²) in [7, 11) is 0. The molecule has 3 aliphatic rings. The highest BCUT2D eigenvalue weighted by molar-refractivity contribution is 5.33. The van der Waals surface area contributed by atoms with E-state index in [-0.39, 0.29) is 12.9 Å². The zero-order valence-corrected chi connectivity index (χ0v) is 16.4. The van der Waals surface area contributed by atoms with Crippen LogP contribution >= 0.6 is 0 Å². The molecule has 0 aromatic carbocycles. The predicted octanol–water partition coefficient (Wildman–Crippen LogP) is 2.22. The van der Waals surface area contributed by atoms with Gasteiger partial charge in [0.2, 0.25) is 5.95 Å².